The van der Waals surface area contributed by atoms with Gasteiger partial charge in [0, 0.05) is 19.0 Å². The van der Waals surface area contributed by atoms with Gasteiger partial charge in [-0.2, -0.15) is 10.2 Å². The van der Waals surface area contributed by atoms with E-state index in [9.17, 15) is 10.4 Å². The number of fused-ring (bicyclic) bond motifs is 3. The lowest BCUT2D eigenvalue weighted by Crippen LogP contribution is -2.48. The Labute approximate surface area is 181 Å². The molecule has 3 atom stereocenters. The molecule has 1 saturated carbocycles. The summed E-state index contributed by atoms with van der Waals surface area (Å²) in [5.74, 6) is 1.42. The molecule has 1 aliphatic heterocycles. The lowest BCUT2D eigenvalue weighted by atomic mass is 9.72. The number of ether oxygens (including phenoxy) is 2. The van der Waals surface area contributed by atoms with E-state index >= 15 is 0 Å². The maximum atomic E-state index is 12.3. The molecule has 31 heavy (non-hydrogen) atoms. The van der Waals surface area contributed by atoms with Gasteiger partial charge in [0.25, 0.3) is 0 Å². The van der Waals surface area contributed by atoms with Crippen LogP contribution in [0.3, 0.4) is 0 Å². The van der Waals surface area contributed by atoms with E-state index in [4.69, 9.17) is 9.47 Å². The topological polar surface area (TPSA) is 87.4 Å². The molecule has 5 rings (SSSR count). The van der Waals surface area contributed by atoms with Crippen LogP contribution in [0.25, 0.3) is 0 Å². The van der Waals surface area contributed by atoms with E-state index in [-0.39, 0.29) is 5.92 Å². The fourth-order valence-electron chi connectivity index (χ4n) is 5.28. The quantitative estimate of drug-likeness (QED) is 0.671. The SMILES string of the molecule is CNc1cc2c(c(OC)n1)C1(O)CC[C@@H](c3ccccc3)C1(c1ccc(C#N)cc1)O2. The predicted octanol–water partition coefficient (Wildman–Crippen LogP) is 4.06. The average molecular weight is 413 g/mol. The summed E-state index contributed by atoms with van der Waals surface area (Å²) < 4.78 is 12.3. The van der Waals surface area contributed by atoms with Crippen LogP contribution < -0.4 is 14.8 Å². The van der Waals surface area contributed by atoms with Crippen molar-refractivity contribution in [2.45, 2.75) is 30.0 Å². The standard InChI is InChI=1S/C25H23N3O3/c1-27-21-14-20-22(23(28-21)30-2)24(29)13-12-19(17-6-4-3-5-7-17)25(24,31-20)18-10-8-16(15-26)9-11-18/h3-11,14,19,29H,12-13H2,1-2H3,(H,27,28)/t19-,24?,25?/m0/s1. The van der Waals surface area contributed by atoms with E-state index in [2.05, 4.69) is 28.5 Å². The van der Waals surface area contributed by atoms with Gasteiger partial charge in [0.15, 0.2) is 5.60 Å². The molecule has 0 radical (unpaired) electrons. The molecule has 1 fully saturated rings. The molecule has 2 aromatic carbocycles. The molecule has 0 bridgehead atoms. The largest absolute Gasteiger partial charge is 0.481 e. The summed E-state index contributed by atoms with van der Waals surface area (Å²) in [6, 6.07) is 21.4. The first-order valence-electron chi connectivity index (χ1n) is 10.3. The normalized spacial score (nSPS) is 25.8. The number of methoxy groups -OCH3 is 1. The Hall–Kier alpha value is -3.56. The third-order valence-electron chi connectivity index (χ3n) is 6.63. The van der Waals surface area contributed by atoms with Crippen molar-refractivity contribution in [3.05, 3.63) is 82.9 Å². The smallest absolute Gasteiger partial charge is 0.225 e. The highest BCUT2D eigenvalue weighted by Gasteiger charge is 2.69. The monoisotopic (exact) mass is 413 g/mol. The zero-order valence-electron chi connectivity index (χ0n) is 17.4. The first-order chi connectivity index (χ1) is 15.1. The van der Waals surface area contributed by atoms with Crippen molar-refractivity contribution in [1.29, 1.82) is 5.26 Å². The highest BCUT2D eigenvalue weighted by Crippen LogP contribution is 2.68. The summed E-state index contributed by atoms with van der Waals surface area (Å²) in [6.45, 7) is 0. The summed E-state index contributed by atoms with van der Waals surface area (Å²) in [6.07, 6.45) is 1.23. The fourth-order valence-corrected chi connectivity index (χ4v) is 5.28. The minimum absolute atomic E-state index is 0.0956. The number of nitriles is 1. The second-order valence-corrected chi connectivity index (χ2v) is 8.03. The first kappa shape index (κ1) is 19.4. The van der Waals surface area contributed by atoms with Gasteiger partial charge in [0.2, 0.25) is 5.88 Å². The van der Waals surface area contributed by atoms with Crippen LogP contribution >= 0.6 is 0 Å². The molecule has 0 spiro atoms. The molecule has 6 heteroatoms. The van der Waals surface area contributed by atoms with Gasteiger partial charge in [0.05, 0.1) is 24.3 Å². The zero-order chi connectivity index (χ0) is 21.6. The molecule has 2 N–H and O–H groups in total. The number of rotatable bonds is 4. The molecule has 1 aromatic heterocycles. The predicted molar refractivity (Wildman–Crippen MR) is 116 cm³/mol. The van der Waals surface area contributed by atoms with E-state index < -0.39 is 11.2 Å². The van der Waals surface area contributed by atoms with Crippen molar-refractivity contribution in [3.8, 4) is 17.7 Å². The Kier molecular flexibility index (Phi) is 4.38. The Morgan fingerprint density at radius 2 is 1.94 bits per heavy atom. The van der Waals surface area contributed by atoms with Crippen molar-refractivity contribution >= 4 is 5.82 Å². The Bertz CT molecular complexity index is 1170. The molecule has 3 aromatic rings. The van der Waals surface area contributed by atoms with Gasteiger partial charge in [-0.3, -0.25) is 0 Å². The third-order valence-corrected chi connectivity index (χ3v) is 6.63. The van der Waals surface area contributed by atoms with E-state index in [1.807, 2.05) is 36.4 Å². The lowest BCUT2D eigenvalue weighted by Gasteiger charge is -2.40. The molecule has 6 nitrogen and oxygen atoms in total. The van der Waals surface area contributed by atoms with Crippen LogP contribution in [-0.4, -0.2) is 24.2 Å². The number of nitrogens with one attached hydrogen (secondary N) is 1. The van der Waals surface area contributed by atoms with Crippen LogP contribution in [0.1, 0.15) is 41.0 Å². The summed E-state index contributed by atoms with van der Waals surface area (Å²) in [5.41, 5.74) is 0.663. The summed E-state index contributed by atoms with van der Waals surface area (Å²) >= 11 is 0. The maximum Gasteiger partial charge on any atom is 0.225 e. The second-order valence-electron chi connectivity index (χ2n) is 8.03. The van der Waals surface area contributed by atoms with Crippen molar-refractivity contribution in [1.82, 2.24) is 4.98 Å². The number of hydrogen-bond donors (Lipinski definition) is 2. The summed E-state index contributed by atoms with van der Waals surface area (Å²) in [5, 5.41) is 24.6. The Balaban J connectivity index is 1.78. The van der Waals surface area contributed by atoms with Crippen molar-refractivity contribution in [2.75, 3.05) is 19.5 Å². The average Bonchev–Trinajstić information content (AvgIpc) is 3.26. The fraction of sp³-hybridized carbons (Fsp3) is 0.280. The molecule has 0 amide bonds. The van der Waals surface area contributed by atoms with E-state index in [1.54, 1.807) is 26.3 Å². The molecule has 0 saturated heterocycles. The zero-order valence-corrected chi connectivity index (χ0v) is 17.4. The van der Waals surface area contributed by atoms with Gasteiger partial charge in [-0.05, 0) is 36.1 Å². The van der Waals surface area contributed by atoms with Crippen LogP contribution in [0.5, 0.6) is 11.6 Å². The molecule has 2 aliphatic rings. The van der Waals surface area contributed by atoms with Gasteiger partial charge in [-0.15, -0.1) is 0 Å². The van der Waals surface area contributed by atoms with Gasteiger partial charge < -0.3 is 19.9 Å². The first-order valence-corrected chi connectivity index (χ1v) is 10.3. The van der Waals surface area contributed by atoms with Gasteiger partial charge in [-0.1, -0.05) is 42.5 Å². The second kappa shape index (κ2) is 7.00. The summed E-state index contributed by atoms with van der Waals surface area (Å²) in [4.78, 5) is 4.52. The van der Waals surface area contributed by atoms with Crippen LogP contribution in [0, 0.1) is 11.3 Å². The third kappa shape index (κ3) is 2.57. The van der Waals surface area contributed by atoms with Crippen molar-refractivity contribution in [2.24, 2.45) is 0 Å². The number of benzene rings is 2. The number of anilines is 1. The molecule has 156 valence electrons. The van der Waals surface area contributed by atoms with Gasteiger partial charge in [-0.25, -0.2) is 0 Å². The number of nitrogens with zero attached hydrogens (tertiary/aromatic N) is 2. The number of aromatic nitrogens is 1. The minimum atomic E-state index is -1.33. The number of pyridine rings is 1. The van der Waals surface area contributed by atoms with Gasteiger partial charge >= 0.3 is 0 Å². The van der Waals surface area contributed by atoms with E-state index in [1.165, 1.54) is 0 Å². The van der Waals surface area contributed by atoms with Crippen molar-refractivity contribution in [3.63, 3.8) is 0 Å². The van der Waals surface area contributed by atoms with Crippen LogP contribution in [0.4, 0.5) is 5.82 Å². The Morgan fingerprint density at radius 3 is 2.58 bits per heavy atom. The Morgan fingerprint density at radius 1 is 1.19 bits per heavy atom. The number of aliphatic hydroxyl groups is 1. The highest BCUT2D eigenvalue weighted by molar-refractivity contribution is 5.61. The van der Waals surface area contributed by atoms with Crippen molar-refractivity contribution < 1.29 is 14.6 Å². The van der Waals surface area contributed by atoms with Crippen LogP contribution in [-0.2, 0) is 11.2 Å². The molecule has 1 aliphatic carbocycles. The van der Waals surface area contributed by atoms with E-state index in [0.29, 0.717) is 35.0 Å². The summed E-state index contributed by atoms with van der Waals surface area (Å²) in [7, 11) is 3.33. The van der Waals surface area contributed by atoms with Crippen LogP contribution in [0.2, 0.25) is 0 Å². The van der Waals surface area contributed by atoms with Gasteiger partial charge in [0.1, 0.15) is 17.2 Å². The molecule has 2 heterocycles. The molecular weight excluding hydrogens is 390 g/mol. The molecule has 2 unspecified atom stereocenters. The maximum absolute atomic E-state index is 12.3. The molecular formula is C25H23N3O3. The number of hydrogen-bond acceptors (Lipinski definition) is 6. The van der Waals surface area contributed by atoms with E-state index in [0.717, 1.165) is 17.5 Å². The van der Waals surface area contributed by atoms with Crippen LogP contribution in [0.15, 0.2) is 60.7 Å². The highest BCUT2D eigenvalue weighted by atomic mass is 16.5. The lowest BCUT2D eigenvalue weighted by molar-refractivity contribution is -0.106. The minimum Gasteiger partial charge on any atom is -0.481 e.